The van der Waals surface area contributed by atoms with Gasteiger partial charge in [-0.3, -0.25) is 4.79 Å². The first-order valence-electron chi connectivity index (χ1n) is 3.88. The van der Waals surface area contributed by atoms with Crippen LogP contribution in [0.15, 0.2) is 26.6 Å². The third-order valence-corrected chi connectivity index (χ3v) is 3.43. The number of ketones is 1. The molecule has 0 spiro atoms. The van der Waals surface area contributed by atoms with E-state index in [1.54, 1.807) is 0 Å². The van der Waals surface area contributed by atoms with Crippen LogP contribution in [-0.2, 0) is 0 Å². The van der Waals surface area contributed by atoms with E-state index in [0.29, 0.717) is 11.3 Å². The first kappa shape index (κ1) is 9.61. The van der Waals surface area contributed by atoms with Crippen LogP contribution in [-0.4, -0.2) is 10.9 Å². The first-order chi connectivity index (χ1) is 6.68. The molecule has 2 rings (SSSR count). The lowest BCUT2D eigenvalue weighted by Gasteiger charge is -1.91. The average Bonchev–Trinajstić information content (AvgIpc) is 2.70. The Labute approximate surface area is 92.9 Å². The van der Waals surface area contributed by atoms with Gasteiger partial charge in [0.05, 0.1) is 16.6 Å². The van der Waals surface area contributed by atoms with E-state index in [2.05, 4.69) is 21.1 Å². The summed E-state index contributed by atoms with van der Waals surface area (Å²) in [5.74, 6) is 0.513. The standard InChI is InChI=1S/C9H6BrNO2S/c1-5(12)7-3-11-13-9(7)8-2-6(10)4-14-8/h2-4H,1H3. The lowest BCUT2D eigenvalue weighted by Crippen LogP contribution is -1.90. The quantitative estimate of drug-likeness (QED) is 0.787. The summed E-state index contributed by atoms with van der Waals surface area (Å²) in [5, 5.41) is 5.56. The second kappa shape index (κ2) is 3.67. The zero-order valence-electron chi connectivity index (χ0n) is 7.28. The van der Waals surface area contributed by atoms with E-state index < -0.39 is 0 Å². The van der Waals surface area contributed by atoms with Crippen LogP contribution in [0.25, 0.3) is 10.6 Å². The molecule has 0 aliphatic heterocycles. The highest BCUT2D eigenvalue weighted by Gasteiger charge is 2.15. The molecule has 3 nitrogen and oxygen atoms in total. The number of hydrogen-bond donors (Lipinski definition) is 0. The van der Waals surface area contributed by atoms with Crippen molar-refractivity contribution in [2.45, 2.75) is 6.92 Å². The number of rotatable bonds is 2. The third kappa shape index (κ3) is 1.65. The summed E-state index contributed by atoms with van der Waals surface area (Å²) in [6, 6.07) is 1.90. The molecular weight excluding hydrogens is 266 g/mol. The topological polar surface area (TPSA) is 43.1 Å². The number of thiophene rings is 1. The van der Waals surface area contributed by atoms with E-state index >= 15 is 0 Å². The fourth-order valence-electron chi connectivity index (χ4n) is 1.10. The Morgan fingerprint density at radius 2 is 2.43 bits per heavy atom. The van der Waals surface area contributed by atoms with E-state index in [9.17, 15) is 4.79 Å². The van der Waals surface area contributed by atoms with Gasteiger partial charge in [0.25, 0.3) is 0 Å². The minimum atomic E-state index is -0.0363. The Morgan fingerprint density at radius 1 is 1.64 bits per heavy atom. The maximum atomic E-state index is 11.2. The lowest BCUT2D eigenvalue weighted by atomic mass is 10.2. The fraction of sp³-hybridized carbons (Fsp3) is 0.111. The number of halogens is 1. The van der Waals surface area contributed by atoms with Crippen LogP contribution >= 0.6 is 27.3 Å². The molecule has 2 aromatic rings. The lowest BCUT2D eigenvalue weighted by molar-refractivity contribution is 0.101. The largest absolute Gasteiger partial charge is 0.355 e. The summed E-state index contributed by atoms with van der Waals surface area (Å²) in [4.78, 5) is 12.1. The number of carbonyl (C=O) groups is 1. The van der Waals surface area contributed by atoms with Gasteiger partial charge in [-0.2, -0.15) is 0 Å². The van der Waals surface area contributed by atoms with Crippen molar-refractivity contribution in [2.24, 2.45) is 0 Å². The van der Waals surface area contributed by atoms with Gasteiger partial charge in [-0.05, 0) is 28.9 Å². The van der Waals surface area contributed by atoms with Crippen LogP contribution in [0, 0.1) is 0 Å². The molecule has 0 saturated carbocycles. The summed E-state index contributed by atoms with van der Waals surface area (Å²) in [5.41, 5.74) is 0.527. The average molecular weight is 272 g/mol. The van der Waals surface area contributed by atoms with Crippen molar-refractivity contribution >= 4 is 33.0 Å². The predicted molar refractivity (Wildman–Crippen MR) is 57.5 cm³/mol. The van der Waals surface area contributed by atoms with Crippen molar-refractivity contribution in [3.63, 3.8) is 0 Å². The second-order valence-electron chi connectivity index (χ2n) is 2.75. The van der Waals surface area contributed by atoms with Gasteiger partial charge in [0.2, 0.25) is 0 Å². The van der Waals surface area contributed by atoms with Gasteiger partial charge < -0.3 is 4.52 Å². The van der Waals surface area contributed by atoms with E-state index in [0.717, 1.165) is 9.35 Å². The van der Waals surface area contributed by atoms with Gasteiger partial charge in [-0.1, -0.05) is 5.16 Å². The Morgan fingerprint density at radius 3 is 3.00 bits per heavy atom. The summed E-state index contributed by atoms with van der Waals surface area (Å²) >= 11 is 4.85. The first-order valence-corrected chi connectivity index (χ1v) is 5.56. The van der Waals surface area contributed by atoms with Crippen molar-refractivity contribution in [1.29, 1.82) is 0 Å². The summed E-state index contributed by atoms with van der Waals surface area (Å²) in [6.07, 6.45) is 1.45. The van der Waals surface area contributed by atoms with Crippen LogP contribution in [0.2, 0.25) is 0 Å². The monoisotopic (exact) mass is 271 g/mol. The molecule has 5 heteroatoms. The van der Waals surface area contributed by atoms with E-state index in [1.165, 1.54) is 24.5 Å². The van der Waals surface area contributed by atoms with Crippen LogP contribution in [0.1, 0.15) is 17.3 Å². The van der Waals surface area contributed by atoms with Crippen molar-refractivity contribution < 1.29 is 9.32 Å². The Balaban J connectivity index is 2.51. The Kier molecular flexibility index (Phi) is 2.52. The molecule has 0 saturated heterocycles. The highest BCUT2D eigenvalue weighted by atomic mass is 79.9. The van der Waals surface area contributed by atoms with Crippen molar-refractivity contribution in [3.8, 4) is 10.6 Å². The summed E-state index contributed by atoms with van der Waals surface area (Å²) < 4.78 is 6.02. The van der Waals surface area contributed by atoms with Crippen LogP contribution < -0.4 is 0 Å². The molecule has 0 N–H and O–H groups in total. The SMILES string of the molecule is CC(=O)c1cnoc1-c1cc(Br)cs1. The minimum absolute atomic E-state index is 0.0363. The zero-order chi connectivity index (χ0) is 10.1. The number of aromatic nitrogens is 1. The molecule has 0 unspecified atom stereocenters. The molecule has 0 amide bonds. The van der Waals surface area contributed by atoms with E-state index in [1.807, 2.05) is 11.4 Å². The molecule has 2 aromatic heterocycles. The van der Waals surface area contributed by atoms with Gasteiger partial charge >= 0.3 is 0 Å². The van der Waals surface area contributed by atoms with Crippen molar-refractivity contribution in [2.75, 3.05) is 0 Å². The molecule has 0 aromatic carbocycles. The molecule has 0 bridgehead atoms. The minimum Gasteiger partial charge on any atom is -0.355 e. The number of carbonyl (C=O) groups excluding carboxylic acids is 1. The molecule has 0 aliphatic carbocycles. The summed E-state index contributed by atoms with van der Waals surface area (Å²) in [7, 11) is 0. The zero-order valence-corrected chi connectivity index (χ0v) is 9.68. The smallest absolute Gasteiger partial charge is 0.187 e. The van der Waals surface area contributed by atoms with E-state index in [-0.39, 0.29) is 5.78 Å². The molecule has 0 atom stereocenters. The van der Waals surface area contributed by atoms with Crippen molar-refractivity contribution in [1.82, 2.24) is 5.16 Å². The summed E-state index contributed by atoms with van der Waals surface area (Å²) in [6.45, 7) is 1.50. The van der Waals surface area contributed by atoms with Gasteiger partial charge in [0, 0.05) is 9.85 Å². The molecule has 0 radical (unpaired) electrons. The molecular formula is C9H6BrNO2S. The van der Waals surface area contributed by atoms with E-state index in [4.69, 9.17) is 4.52 Å². The highest BCUT2D eigenvalue weighted by Crippen LogP contribution is 2.32. The predicted octanol–water partition coefficient (Wildman–Crippen LogP) is 3.37. The molecule has 2 heterocycles. The van der Waals surface area contributed by atoms with Crippen LogP contribution in [0.5, 0.6) is 0 Å². The maximum absolute atomic E-state index is 11.2. The normalized spacial score (nSPS) is 10.4. The van der Waals surface area contributed by atoms with Gasteiger partial charge in [0.1, 0.15) is 0 Å². The molecule has 0 fully saturated rings. The number of Topliss-reactive ketones (excluding diaryl/α,β-unsaturated/α-hetero) is 1. The second-order valence-corrected chi connectivity index (χ2v) is 4.58. The number of hydrogen-bond acceptors (Lipinski definition) is 4. The Bertz CT molecular complexity index is 475. The maximum Gasteiger partial charge on any atom is 0.187 e. The molecule has 0 aliphatic rings. The van der Waals surface area contributed by atoms with Gasteiger partial charge in [-0.15, -0.1) is 11.3 Å². The molecule has 14 heavy (non-hydrogen) atoms. The Hall–Kier alpha value is -0.940. The van der Waals surface area contributed by atoms with Crippen molar-refractivity contribution in [3.05, 3.63) is 27.7 Å². The van der Waals surface area contributed by atoms with Gasteiger partial charge in [-0.25, -0.2) is 0 Å². The van der Waals surface area contributed by atoms with Crippen LogP contribution in [0.4, 0.5) is 0 Å². The number of nitrogens with zero attached hydrogens (tertiary/aromatic N) is 1. The highest BCUT2D eigenvalue weighted by molar-refractivity contribution is 9.10. The third-order valence-electron chi connectivity index (χ3n) is 1.74. The van der Waals surface area contributed by atoms with Crippen LogP contribution in [0.3, 0.4) is 0 Å². The van der Waals surface area contributed by atoms with Gasteiger partial charge in [0.15, 0.2) is 11.5 Å². The molecule has 72 valence electrons. The fourth-order valence-corrected chi connectivity index (χ4v) is 2.52.